The van der Waals surface area contributed by atoms with Crippen LogP contribution in [0.5, 0.6) is 0 Å². The van der Waals surface area contributed by atoms with E-state index in [1.54, 1.807) is 19.1 Å². The van der Waals surface area contributed by atoms with Gasteiger partial charge in [0.25, 0.3) is 10.0 Å². The van der Waals surface area contributed by atoms with Crippen LogP contribution in [0.2, 0.25) is 0 Å². The summed E-state index contributed by atoms with van der Waals surface area (Å²) >= 11 is 1.05. The zero-order chi connectivity index (χ0) is 15.7. The number of anilines is 1. The van der Waals surface area contributed by atoms with Gasteiger partial charge in [0.05, 0.1) is 16.3 Å². The van der Waals surface area contributed by atoms with Crippen molar-refractivity contribution in [1.29, 1.82) is 0 Å². The fraction of sp³-hybridized carbons (Fsp3) is 0.0714. The maximum absolute atomic E-state index is 13.1. The van der Waals surface area contributed by atoms with Crippen LogP contribution in [0.15, 0.2) is 51.2 Å². The summed E-state index contributed by atoms with van der Waals surface area (Å²) in [5, 5.41) is 3.77. The van der Waals surface area contributed by atoms with Crippen LogP contribution in [0.25, 0.3) is 10.6 Å². The van der Waals surface area contributed by atoms with Gasteiger partial charge in [-0.15, -0.1) is 11.3 Å². The number of aromatic nitrogens is 1. The first-order valence-corrected chi connectivity index (χ1v) is 8.56. The minimum Gasteiger partial charge on any atom is -0.355 e. The Kier molecular flexibility index (Phi) is 3.71. The first-order valence-electron chi connectivity index (χ1n) is 6.26. The monoisotopic (exact) mass is 338 g/mol. The number of hydrogen-bond acceptors (Lipinski definition) is 5. The lowest BCUT2D eigenvalue weighted by molar-refractivity contribution is 0.428. The highest BCUT2D eigenvalue weighted by atomic mass is 32.2. The van der Waals surface area contributed by atoms with Crippen molar-refractivity contribution >= 4 is 27.0 Å². The van der Waals surface area contributed by atoms with Gasteiger partial charge in [-0.2, -0.15) is 0 Å². The Labute approximate surface area is 130 Å². The molecule has 2 aromatic heterocycles. The van der Waals surface area contributed by atoms with E-state index in [1.807, 2.05) is 0 Å². The van der Waals surface area contributed by atoms with Gasteiger partial charge in [-0.1, -0.05) is 11.2 Å². The molecule has 1 aromatic carbocycles. The zero-order valence-corrected chi connectivity index (χ0v) is 13.0. The van der Waals surface area contributed by atoms with E-state index in [-0.39, 0.29) is 9.90 Å². The Balaban J connectivity index is 1.88. The zero-order valence-electron chi connectivity index (χ0n) is 11.4. The van der Waals surface area contributed by atoms with Crippen LogP contribution in [0.3, 0.4) is 0 Å². The molecule has 5 nitrogen and oxygen atoms in total. The van der Waals surface area contributed by atoms with Crippen LogP contribution < -0.4 is 4.72 Å². The second kappa shape index (κ2) is 5.54. The number of halogens is 1. The average molecular weight is 338 g/mol. The molecule has 0 radical (unpaired) electrons. The molecule has 2 heterocycles. The second-order valence-electron chi connectivity index (χ2n) is 4.57. The lowest BCUT2D eigenvalue weighted by atomic mass is 10.3. The van der Waals surface area contributed by atoms with Crippen molar-refractivity contribution in [3.8, 4) is 10.6 Å². The SMILES string of the molecule is Cc1cc(-c2ccc(S(=O)(=O)Nc3cccc(F)c3)s2)on1. The molecule has 0 saturated carbocycles. The quantitative estimate of drug-likeness (QED) is 0.788. The molecule has 0 spiro atoms. The van der Waals surface area contributed by atoms with Gasteiger partial charge < -0.3 is 4.52 Å². The van der Waals surface area contributed by atoms with E-state index < -0.39 is 15.8 Å². The third kappa shape index (κ3) is 3.02. The number of sulfonamides is 1. The molecule has 22 heavy (non-hydrogen) atoms. The predicted molar refractivity (Wildman–Crippen MR) is 81.8 cm³/mol. The molecule has 0 amide bonds. The normalized spacial score (nSPS) is 11.5. The number of aryl methyl sites for hydroxylation is 1. The molecule has 0 aliphatic heterocycles. The van der Waals surface area contributed by atoms with Crippen molar-refractivity contribution in [1.82, 2.24) is 5.16 Å². The lowest BCUT2D eigenvalue weighted by Gasteiger charge is -2.05. The van der Waals surface area contributed by atoms with E-state index in [0.29, 0.717) is 16.3 Å². The maximum atomic E-state index is 13.1. The third-order valence-corrected chi connectivity index (χ3v) is 5.77. The summed E-state index contributed by atoms with van der Waals surface area (Å²) in [5.74, 6) is -0.00101. The molecule has 8 heteroatoms. The Hall–Kier alpha value is -2.19. The molecule has 0 unspecified atom stereocenters. The van der Waals surface area contributed by atoms with Crippen LogP contribution >= 0.6 is 11.3 Å². The Morgan fingerprint density at radius 1 is 1.23 bits per heavy atom. The highest BCUT2D eigenvalue weighted by molar-refractivity contribution is 7.94. The van der Waals surface area contributed by atoms with Crippen molar-refractivity contribution in [2.24, 2.45) is 0 Å². The molecular weight excluding hydrogens is 327 g/mol. The topological polar surface area (TPSA) is 72.2 Å². The van der Waals surface area contributed by atoms with Gasteiger partial charge in [-0.3, -0.25) is 4.72 Å². The first kappa shape index (κ1) is 14.7. The Morgan fingerprint density at radius 2 is 2.05 bits per heavy atom. The summed E-state index contributed by atoms with van der Waals surface area (Å²) in [7, 11) is -3.77. The van der Waals surface area contributed by atoms with Gasteiger partial charge in [-0.05, 0) is 37.3 Å². The largest absolute Gasteiger partial charge is 0.355 e. The van der Waals surface area contributed by atoms with Gasteiger partial charge in [0.1, 0.15) is 10.0 Å². The van der Waals surface area contributed by atoms with Gasteiger partial charge in [0.2, 0.25) is 0 Å². The van der Waals surface area contributed by atoms with Crippen molar-refractivity contribution < 1.29 is 17.3 Å². The van der Waals surface area contributed by atoms with Gasteiger partial charge >= 0.3 is 0 Å². The predicted octanol–water partition coefficient (Wildman–Crippen LogP) is 3.65. The van der Waals surface area contributed by atoms with Crippen LogP contribution in [0.1, 0.15) is 5.69 Å². The fourth-order valence-electron chi connectivity index (χ4n) is 1.83. The summed E-state index contributed by atoms with van der Waals surface area (Å²) in [5.41, 5.74) is 0.885. The highest BCUT2D eigenvalue weighted by Gasteiger charge is 2.19. The fourth-order valence-corrected chi connectivity index (χ4v) is 4.14. The summed E-state index contributed by atoms with van der Waals surface area (Å²) < 4.78 is 45.3. The van der Waals surface area contributed by atoms with Crippen molar-refractivity contribution in [2.75, 3.05) is 4.72 Å². The highest BCUT2D eigenvalue weighted by Crippen LogP contribution is 2.32. The Morgan fingerprint density at radius 3 is 2.73 bits per heavy atom. The first-order chi connectivity index (χ1) is 10.4. The maximum Gasteiger partial charge on any atom is 0.271 e. The van der Waals surface area contributed by atoms with E-state index in [1.165, 1.54) is 24.3 Å². The average Bonchev–Trinajstić information content (AvgIpc) is 3.06. The molecule has 0 saturated heterocycles. The van der Waals surface area contributed by atoms with E-state index >= 15 is 0 Å². The van der Waals surface area contributed by atoms with Gasteiger partial charge in [0.15, 0.2) is 5.76 Å². The van der Waals surface area contributed by atoms with Crippen LogP contribution in [-0.2, 0) is 10.0 Å². The number of rotatable bonds is 4. The molecule has 1 N–H and O–H groups in total. The lowest BCUT2D eigenvalue weighted by Crippen LogP contribution is -2.11. The van der Waals surface area contributed by atoms with Crippen LogP contribution in [0.4, 0.5) is 10.1 Å². The van der Waals surface area contributed by atoms with Crippen molar-refractivity contribution in [3.63, 3.8) is 0 Å². The number of nitrogens with zero attached hydrogens (tertiary/aromatic N) is 1. The number of benzene rings is 1. The summed E-state index contributed by atoms with van der Waals surface area (Å²) in [6.45, 7) is 1.78. The number of thiophene rings is 1. The molecule has 0 aliphatic rings. The molecule has 0 fully saturated rings. The van der Waals surface area contributed by atoms with E-state index in [2.05, 4.69) is 9.88 Å². The molecular formula is C14H11FN2O3S2. The van der Waals surface area contributed by atoms with Crippen LogP contribution in [-0.4, -0.2) is 13.6 Å². The molecule has 3 rings (SSSR count). The molecule has 3 aromatic rings. The Bertz CT molecular complexity index is 916. The summed E-state index contributed by atoms with van der Waals surface area (Å²) in [6.07, 6.45) is 0. The van der Waals surface area contributed by atoms with Crippen molar-refractivity contribution in [3.05, 3.63) is 54.0 Å². The molecule has 114 valence electrons. The molecule has 0 aliphatic carbocycles. The van der Waals surface area contributed by atoms with E-state index in [0.717, 1.165) is 17.4 Å². The third-order valence-electron chi connectivity index (χ3n) is 2.79. The number of hydrogen-bond donors (Lipinski definition) is 1. The minimum atomic E-state index is -3.77. The van der Waals surface area contributed by atoms with Gasteiger partial charge in [-0.25, -0.2) is 12.8 Å². The van der Waals surface area contributed by atoms with Gasteiger partial charge in [0, 0.05) is 6.07 Å². The smallest absolute Gasteiger partial charge is 0.271 e. The molecule has 0 bridgehead atoms. The minimum absolute atomic E-state index is 0.112. The summed E-state index contributed by atoms with van der Waals surface area (Å²) in [6, 6.07) is 10.1. The standard InChI is InChI=1S/C14H11FN2O3S2/c1-9-7-12(20-16-9)13-5-6-14(21-13)22(18,19)17-11-4-2-3-10(15)8-11/h2-8,17H,1H3. The van der Waals surface area contributed by atoms with E-state index in [4.69, 9.17) is 4.52 Å². The van der Waals surface area contributed by atoms with Crippen LogP contribution in [0, 0.1) is 12.7 Å². The van der Waals surface area contributed by atoms with E-state index in [9.17, 15) is 12.8 Å². The number of nitrogens with one attached hydrogen (secondary N) is 1. The van der Waals surface area contributed by atoms with Crippen molar-refractivity contribution in [2.45, 2.75) is 11.1 Å². The summed E-state index contributed by atoms with van der Waals surface area (Å²) in [4.78, 5) is 0.653. The molecule has 0 atom stereocenters. The second-order valence-corrected chi connectivity index (χ2v) is 7.56.